The van der Waals surface area contributed by atoms with E-state index in [1.54, 1.807) is 5.32 Å². The molecule has 4 nitrogen and oxygen atoms in total. The first-order chi connectivity index (χ1) is 9.53. The average Bonchev–Trinajstić information content (AvgIpc) is 2.34. The number of hydrogen-bond acceptors (Lipinski definition) is 3. The summed E-state index contributed by atoms with van der Waals surface area (Å²) < 4.78 is 76.4. The third kappa shape index (κ3) is 5.21. The summed E-state index contributed by atoms with van der Waals surface area (Å²) in [7, 11) is 0. The lowest BCUT2D eigenvalue weighted by molar-refractivity contribution is -0.159. The first-order valence-corrected chi connectivity index (χ1v) is 5.15. The minimum absolute atomic E-state index is 0.391. The standard InChI is InChI=1S/C11H6F6N2O2/c12-10(13,14)5-21-9(20)19-8-2-1-7(11(15,16)17)3-6(8)4-18/h1-3H,5H2,(H,19,20). The maximum absolute atomic E-state index is 12.4. The Hall–Kier alpha value is -2.44. The van der Waals surface area contributed by atoms with Crippen molar-refractivity contribution in [2.45, 2.75) is 12.4 Å². The number of alkyl halides is 6. The van der Waals surface area contributed by atoms with Crippen LogP contribution in [0.4, 0.5) is 36.8 Å². The summed E-state index contributed by atoms with van der Waals surface area (Å²) >= 11 is 0. The molecule has 0 aliphatic rings. The van der Waals surface area contributed by atoms with Gasteiger partial charge >= 0.3 is 18.4 Å². The maximum atomic E-state index is 12.4. The van der Waals surface area contributed by atoms with Gasteiger partial charge in [-0.2, -0.15) is 31.6 Å². The zero-order valence-electron chi connectivity index (χ0n) is 9.97. The van der Waals surface area contributed by atoms with Crippen LogP contribution in [0.1, 0.15) is 11.1 Å². The third-order valence-electron chi connectivity index (χ3n) is 2.07. The number of carbonyl (C=O) groups excluding carboxylic acids is 1. The molecule has 0 unspecified atom stereocenters. The summed E-state index contributed by atoms with van der Waals surface area (Å²) in [6.07, 6.45) is -11.0. The van der Waals surface area contributed by atoms with Crippen molar-refractivity contribution in [1.29, 1.82) is 5.26 Å². The predicted molar refractivity (Wildman–Crippen MR) is 57.2 cm³/mol. The summed E-state index contributed by atoms with van der Waals surface area (Å²) in [5, 5.41) is 10.5. The predicted octanol–water partition coefficient (Wildman–Crippen LogP) is 3.69. The number of anilines is 1. The Bertz CT molecular complexity index is 574. The quantitative estimate of drug-likeness (QED) is 0.847. The van der Waals surface area contributed by atoms with E-state index in [4.69, 9.17) is 5.26 Å². The topological polar surface area (TPSA) is 62.1 Å². The van der Waals surface area contributed by atoms with Gasteiger partial charge in [0.25, 0.3) is 0 Å². The lowest BCUT2D eigenvalue weighted by atomic mass is 10.1. The van der Waals surface area contributed by atoms with Crippen molar-refractivity contribution >= 4 is 11.8 Å². The molecule has 0 radical (unpaired) electrons. The number of amides is 1. The third-order valence-corrected chi connectivity index (χ3v) is 2.07. The van der Waals surface area contributed by atoms with E-state index in [9.17, 15) is 31.1 Å². The Balaban J connectivity index is 2.85. The second kappa shape index (κ2) is 5.90. The minimum atomic E-state index is -4.74. The summed E-state index contributed by atoms with van der Waals surface area (Å²) in [5.74, 6) is 0. The van der Waals surface area contributed by atoms with E-state index in [1.807, 2.05) is 0 Å². The number of nitriles is 1. The van der Waals surface area contributed by atoms with E-state index in [0.717, 1.165) is 6.07 Å². The van der Waals surface area contributed by atoms with Crippen molar-refractivity contribution in [3.63, 3.8) is 0 Å². The van der Waals surface area contributed by atoms with Gasteiger partial charge in [-0.3, -0.25) is 5.32 Å². The van der Waals surface area contributed by atoms with Gasteiger partial charge in [0.2, 0.25) is 0 Å². The SMILES string of the molecule is N#Cc1cc(C(F)(F)F)ccc1NC(=O)OCC(F)(F)F. The molecule has 0 aliphatic carbocycles. The zero-order valence-corrected chi connectivity index (χ0v) is 9.97. The first kappa shape index (κ1) is 16.6. The minimum Gasteiger partial charge on any atom is -0.440 e. The molecular weight excluding hydrogens is 306 g/mol. The number of halogens is 6. The van der Waals surface area contributed by atoms with Crippen molar-refractivity contribution in [3.05, 3.63) is 29.3 Å². The van der Waals surface area contributed by atoms with Crippen LogP contribution in [-0.2, 0) is 10.9 Å². The number of ether oxygens (including phenoxy) is 1. The number of nitrogens with one attached hydrogen (secondary N) is 1. The van der Waals surface area contributed by atoms with Crippen LogP contribution >= 0.6 is 0 Å². The van der Waals surface area contributed by atoms with Crippen LogP contribution in [0, 0.1) is 11.3 Å². The molecule has 21 heavy (non-hydrogen) atoms. The summed E-state index contributed by atoms with van der Waals surface area (Å²) in [5.41, 5.74) is -2.08. The molecule has 0 saturated carbocycles. The van der Waals surface area contributed by atoms with E-state index in [2.05, 4.69) is 4.74 Å². The molecule has 0 bridgehead atoms. The van der Waals surface area contributed by atoms with Crippen LogP contribution < -0.4 is 5.32 Å². The van der Waals surface area contributed by atoms with Crippen molar-refractivity contribution in [2.75, 3.05) is 11.9 Å². The Morgan fingerprint density at radius 1 is 1.24 bits per heavy atom. The van der Waals surface area contributed by atoms with Gasteiger partial charge in [0.05, 0.1) is 16.8 Å². The van der Waals surface area contributed by atoms with Crippen LogP contribution in [0.3, 0.4) is 0 Å². The number of rotatable bonds is 2. The Morgan fingerprint density at radius 3 is 2.33 bits per heavy atom. The second-order valence-electron chi connectivity index (χ2n) is 3.69. The van der Waals surface area contributed by atoms with Crippen molar-refractivity contribution < 1.29 is 35.9 Å². The highest BCUT2D eigenvalue weighted by molar-refractivity contribution is 5.86. The van der Waals surface area contributed by atoms with E-state index >= 15 is 0 Å². The van der Waals surface area contributed by atoms with Gasteiger partial charge in [-0.05, 0) is 18.2 Å². The molecule has 1 aromatic rings. The number of carbonyl (C=O) groups is 1. The van der Waals surface area contributed by atoms with Gasteiger partial charge < -0.3 is 4.74 Å². The molecule has 0 atom stereocenters. The molecule has 0 aliphatic heterocycles. The van der Waals surface area contributed by atoms with Gasteiger partial charge in [-0.15, -0.1) is 0 Å². The fourth-order valence-electron chi connectivity index (χ4n) is 1.22. The number of benzene rings is 1. The molecule has 114 valence electrons. The lowest BCUT2D eigenvalue weighted by Gasteiger charge is -2.12. The van der Waals surface area contributed by atoms with Crippen molar-refractivity contribution in [2.24, 2.45) is 0 Å². The highest BCUT2D eigenvalue weighted by atomic mass is 19.4. The fourth-order valence-corrected chi connectivity index (χ4v) is 1.22. The molecule has 0 heterocycles. The Labute approximate surface area is 113 Å². The molecule has 0 saturated heterocycles. The normalized spacial score (nSPS) is 11.7. The Morgan fingerprint density at radius 2 is 1.86 bits per heavy atom. The van der Waals surface area contributed by atoms with Gasteiger partial charge in [0.1, 0.15) is 6.07 Å². The summed E-state index contributed by atoms with van der Waals surface area (Å²) in [6.45, 7) is -1.86. The average molecular weight is 312 g/mol. The highest BCUT2D eigenvalue weighted by Gasteiger charge is 2.32. The molecular formula is C11H6F6N2O2. The van der Waals surface area contributed by atoms with E-state index in [-0.39, 0.29) is 0 Å². The lowest BCUT2D eigenvalue weighted by Crippen LogP contribution is -2.23. The highest BCUT2D eigenvalue weighted by Crippen LogP contribution is 2.31. The second-order valence-corrected chi connectivity index (χ2v) is 3.69. The Kier molecular flexibility index (Phi) is 4.67. The van der Waals surface area contributed by atoms with Crippen molar-refractivity contribution in [3.8, 4) is 6.07 Å². The molecule has 1 rings (SSSR count). The number of hydrogen-bond donors (Lipinski definition) is 1. The van der Waals surface area contributed by atoms with Gasteiger partial charge in [-0.1, -0.05) is 0 Å². The van der Waals surface area contributed by atoms with Crippen LogP contribution in [-0.4, -0.2) is 18.9 Å². The van der Waals surface area contributed by atoms with Crippen molar-refractivity contribution in [1.82, 2.24) is 0 Å². The molecule has 10 heteroatoms. The molecule has 1 aromatic carbocycles. The largest absolute Gasteiger partial charge is 0.440 e. The smallest absolute Gasteiger partial charge is 0.422 e. The zero-order chi connectivity index (χ0) is 16.3. The maximum Gasteiger partial charge on any atom is 0.422 e. The molecule has 0 spiro atoms. The summed E-state index contributed by atoms with van der Waals surface area (Å²) in [4.78, 5) is 11.0. The fraction of sp³-hybridized carbons (Fsp3) is 0.273. The molecule has 1 N–H and O–H groups in total. The van der Waals surface area contributed by atoms with Crippen LogP contribution in [0.15, 0.2) is 18.2 Å². The van der Waals surface area contributed by atoms with E-state index < -0.39 is 41.9 Å². The van der Waals surface area contributed by atoms with E-state index in [0.29, 0.717) is 12.1 Å². The van der Waals surface area contributed by atoms with Crippen LogP contribution in [0.25, 0.3) is 0 Å². The first-order valence-electron chi connectivity index (χ1n) is 5.15. The molecule has 0 aromatic heterocycles. The van der Waals surface area contributed by atoms with Gasteiger partial charge in [0, 0.05) is 0 Å². The van der Waals surface area contributed by atoms with E-state index in [1.165, 1.54) is 6.07 Å². The molecule has 0 fully saturated rings. The van der Waals surface area contributed by atoms with Gasteiger partial charge in [0.15, 0.2) is 6.61 Å². The summed E-state index contributed by atoms with van der Waals surface area (Å²) in [6, 6.07) is 3.17. The monoisotopic (exact) mass is 312 g/mol. The number of nitrogens with zero attached hydrogens (tertiary/aromatic N) is 1. The van der Waals surface area contributed by atoms with Gasteiger partial charge in [-0.25, -0.2) is 4.79 Å². The van der Waals surface area contributed by atoms with Crippen LogP contribution in [0.5, 0.6) is 0 Å². The van der Waals surface area contributed by atoms with Crippen LogP contribution in [0.2, 0.25) is 0 Å². The molecule has 1 amide bonds.